The Kier molecular flexibility index (Phi) is 6.52. The second-order valence-electron chi connectivity index (χ2n) is 8.94. The normalized spacial score (nSPS) is 16.7. The molecule has 8 nitrogen and oxygen atoms in total. The average molecular weight is 514 g/mol. The molecule has 0 radical (unpaired) electrons. The molecule has 0 atom stereocenters. The summed E-state index contributed by atoms with van der Waals surface area (Å²) in [4.78, 5) is 16.8. The number of nitrogens with one attached hydrogen (secondary N) is 1. The van der Waals surface area contributed by atoms with E-state index < -0.39 is 16.2 Å². The van der Waals surface area contributed by atoms with Crippen LogP contribution in [0.5, 0.6) is 5.75 Å². The number of fused-ring (bicyclic) bond motifs is 1. The van der Waals surface area contributed by atoms with Crippen LogP contribution >= 0.6 is 11.3 Å². The molecule has 2 heterocycles. The predicted octanol–water partition coefficient (Wildman–Crippen LogP) is 5.24. The summed E-state index contributed by atoms with van der Waals surface area (Å²) >= 11 is 1.52. The summed E-state index contributed by atoms with van der Waals surface area (Å²) in [6.07, 6.45) is 6.48. The number of carboxylic acid groups (broad SMARTS) is 1. The van der Waals surface area contributed by atoms with E-state index in [1.807, 2.05) is 0 Å². The number of thiazole rings is 1. The summed E-state index contributed by atoms with van der Waals surface area (Å²) in [5, 5.41) is 10.1. The van der Waals surface area contributed by atoms with Crippen LogP contribution in [0.25, 0.3) is 10.6 Å². The van der Waals surface area contributed by atoms with Gasteiger partial charge in [-0.3, -0.25) is 4.72 Å². The minimum Gasteiger partial charge on any atom is -0.495 e. The van der Waals surface area contributed by atoms with E-state index in [1.54, 1.807) is 0 Å². The van der Waals surface area contributed by atoms with Gasteiger partial charge in [0.25, 0.3) is 0 Å². The lowest BCUT2D eigenvalue weighted by Crippen LogP contribution is -2.31. The number of aromatic nitrogens is 1. The second-order valence-corrected chi connectivity index (χ2v) is 11.7. The molecule has 1 fully saturated rings. The summed E-state index contributed by atoms with van der Waals surface area (Å²) in [5.41, 5.74) is 3.41. The lowest BCUT2D eigenvalue weighted by molar-refractivity contribution is 0.0696. The minimum atomic E-state index is -3.89. The van der Waals surface area contributed by atoms with E-state index >= 15 is 0 Å². The van der Waals surface area contributed by atoms with Gasteiger partial charge in [0.1, 0.15) is 10.8 Å². The first-order valence-corrected chi connectivity index (χ1v) is 13.9. The largest absolute Gasteiger partial charge is 0.495 e. The van der Waals surface area contributed by atoms with Gasteiger partial charge >= 0.3 is 16.2 Å². The molecule has 1 aliphatic heterocycles. The number of aromatic carboxylic acids is 1. The molecule has 35 heavy (non-hydrogen) atoms. The van der Waals surface area contributed by atoms with Gasteiger partial charge in [-0.05, 0) is 42.5 Å². The Bertz CT molecular complexity index is 1320. The molecule has 1 aromatic heterocycles. The number of rotatable bonds is 7. The smallest absolute Gasteiger partial charge is 0.335 e. The van der Waals surface area contributed by atoms with Gasteiger partial charge < -0.3 is 9.84 Å². The molecular formula is C25H27N3O5S2. The maximum absolute atomic E-state index is 13.0. The zero-order valence-electron chi connectivity index (χ0n) is 19.4. The zero-order valence-corrected chi connectivity index (χ0v) is 21.0. The van der Waals surface area contributed by atoms with E-state index in [0.29, 0.717) is 5.92 Å². The van der Waals surface area contributed by atoms with Crippen LogP contribution in [0.15, 0.2) is 42.5 Å². The molecule has 0 spiro atoms. The molecule has 5 rings (SSSR count). The first-order valence-electron chi connectivity index (χ1n) is 11.6. The molecule has 1 saturated carbocycles. The molecule has 0 bridgehead atoms. The van der Waals surface area contributed by atoms with Crippen molar-refractivity contribution >= 4 is 33.2 Å². The molecule has 2 N–H and O–H groups in total. The Hall–Kier alpha value is -2.95. The highest BCUT2D eigenvalue weighted by molar-refractivity contribution is 7.90. The van der Waals surface area contributed by atoms with Crippen molar-refractivity contribution < 1.29 is 23.1 Å². The van der Waals surface area contributed by atoms with E-state index in [4.69, 9.17) is 14.8 Å². The fourth-order valence-electron chi connectivity index (χ4n) is 4.75. The van der Waals surface area contributed by atoms with Crippen LogP contribution in [0.1, 0.15) is 64.5 Å². The van der Waals surface area contributed by atoms with Gasteiger partial charge in [0.05, 0.1) is 37.1 Å². The number of hydrogen-bond donors (Lipinski definition) is 2. The van der Waals surface area contributed by atoms with Gasteiger partial charge in [0.2, 0.25) is 0 Å². The number of ether oxygens (including phenoxy) is 1. The molecule has 0 unspecified atom stereocenters. The Morgan fingerprint density at radius 3 is 2.51 bits per heavy atom. The predicted molar refractivity (Wildman–Crippen MR) is 135 cm³/mol. The van der Waals surface area contributed by atoms with Gasteiger partial charge in [0, 0.05) is 10.4 Å². The van der Waals surface area contributed by atoms with Crippen molar-refractivity contribution in [3.05, 3.63) is 64.2 Å². The summed E-state index contributed by atoms with van der Waals surface area (Å²) in [7, 11) is -2.53. The number of methoxy groups -OCH3 is 1. The highest BCUT2D eigenvalue weighted by atomic mass is 32.2. The third-order valence-electron chi connectivity index (χ3n) is 6.69. The minimum absolute atomic E-state index is 0.0108. The SMILES string of the molecule is COc1cc(C(=O)O)ccc1NS(=O)(=O)N1Cc2nc(-c3ccc(C4CCCCC4)cc3)sc2C1. The second kappa shape index (κ2) is 9.60. The van der Waals surface area contributed by atoms with Crippen LogP contribution in [-0.4, -0.2) is 35.9 Å². The van der Waals surface area contributed by atoms with Crippen LogP contribution in [0.3, 0.4) is 0 Å². The Balaban J connectivity index is 1.28. The van der Waals surface area contributed by atoms with E-state index in [9.17, 15) is 13.2 Å². The first kappa shape index (κ1) is 23.8. The molecular weight excluding hydrogens is 486 g/mol. The van der Waals surface area contributed by atoms with Crippen LogP contribution in [-0.2, 0) is 23.3 Å². The Labute approximate surface area is 208 Å². The standard InChI is InChI=1S/C25H27N3O5S2/c1-33-22-13-19(25(29)30)11-12-20(22)27-35(31,32)28-14-21-23(15-28)34-24(26-21)18-9-7-17(8-10-18)16-5-3-2-4-6-16/h7-13,16,27H,2-6,14-15H2,1H3,(H,29,30). The van der Waals surface area contributed by atoms with Crippen molar-refractivity contribution in [2.24, 2.45) is 0 Å². The van der Waals surface area contributed by atoms with Crippen molar-refractivity contribution in [1.82, 2.24) is 9.29 Å². The molecule has 1 aliphatic carbocycles. The summed E-state index contributed by atoms with van der Waals surface area (Å²) in [5.74, 6) is -0.323. The van der Waals surface area contributed by atoms with Gasteiger partial charge in [0.15, 0.2) is 0 Å². The molecule has 2 aliphatic rings. The van der Waals surface area contributed by atoms with Crippen LogP contribution < -0.4 is 9.46 Å². The first-order chi connectivity index (χ1) is 16.8. The zero-order chi connectivity index (χ0) is 24.6. The van der Waals surface area contributed by atoms with Gasteiger partial charge in [-0.1, -0.05) is 43.5 Å². The summed E-state index contributed by atoms with van der Waals surface area (Å²) < 4.78 is 35.1. The highest BCUT2D eigenvalue weighted by Gasteiger charge is 2.33. The van der Waals surface area contributed by atoms with Gasteiger partial charge in [-0.2, -0.15) is 12.7 Å². The number of benzene rings is 2. The number of nitrogens with zero attached hydrogens (tertiary/aromatic N) is 2. The van der Waals surface area contributed by atoms with Gasteiger partial charge in [-0.15, -0.1) is 11.3 Å². The fourth-order valence-corrected chi connectivity index (χ4v) is 7.09. The lowest BCUT2D eigenvalue weighted by Gasteiger charge is -2.22. The molecule has 0 amide bonds. The number of hydrogen-bond acceptors (Lipinski definition) is 6. The maximum atomic E-state index is 13.0. The Morgan fingerprint density at radius 2 is 1.86 bits per heavy atom. The fraction of sp³-hybridized carbons (Fsp3) is 0.360. The van der Waals surface area contributed by atoms with Crippen molar-refractivity contribution in [3.8, 4) is 16.3 Å². The average Bonchev–Trinajstić information content (AvgIpc) is 3.45. The van der Waals surface area contributed by atoms with Crippen LogP contribution in [0.4, 0.5) is 5.69 Å². The van der Waals surface area contributed by atoms with Crippen molar-refractivity contribution in [1.29, 1.82) is 0 Å². The summed E-state index contributed by atoms with van der Waals surface area (Å²) in [6, 6.07) is 12.7. The summed E-state index contributed by atoms with van der Waals surface area (Å²) in [6.45, 7) is 0.412. The molecule has 0 saturated heterocycles. The van der Waals surface area contributed by atoms with Crippen molar-refractivity contribution in [3.63, 3.8) is 0 Å². The topological polar surface area (TPSA) is 109 Å². The van der Waals surface area contributed by atoms with E-state index in [2.05, 4.69) is 29.0 Å². The quantitative estimate of drug-likeness (QED) is 0.447. The number of anilines is 1. The molecule has 2 aromatic carbocycles. The van der Waals surface area contributed by atoms with Crippen LogP contribution in [0, 0.1) is 0 Å². The number of carboxylic acids is 1. The third-order valence-corrected chi connectivity index (χ3v) is 9.23. The van der Waals surface area contributed by atoms with Crippen LogP contribution in [0.2, 0.25) is 0 Å². The van der Waals surface area contributed by atoms with E-state index in [1.165, 1.54) is 78.6 Å². The Morgan fingerprint density at radius 1 is 1.11 bits per heavy atom. The van der Waals surface area contributed by atoms with Crippen molar-refractivity contribution in [2.75, 3.05) is 11.8 Å². The monoisotopic (exact) mass is 513 g/mol. The number of carbonyl (C=O) groups is 1. The third kappa shape index (κ3) is 4.91. The highest BCUT2D eigenvalue weighted by Crippen LogP contribution is 2.37. The van der Waals surface area contributed by atoms with E-state index in [-0.39, 0.29) is 30.1 Å². The molecule has 3 aromatic rings. The van der Waals surface area contributed by atoms with Crippen molar-refractivity contribution in [2.45, 2.75) is 51.1 Å². The molecule has 10 heteroatoms. The van der Waals surface area contributed by atoms with E-state index in [0.717, 1.165) is 21.1 Å². The lowest BCUT2D eigenvalue weighted by atomic mass is 9.84. The van der Waals surface area contributed by atoms with Gasteiger partial charge in [-0.25, -0.2) is 9.78 Å². The molecule has 184 valence electrons. The maximum Gasteiger partial charge on any atom is 0.335 e.